The number of nitrogens with zero attached hydrogens (tertiary/aromatic N) is 3. The third-order valence-corrected chi connectivity index (χ3v) is 4.02. The number of hydrogen-bond donors (Lipinski definition) is 1. The van der Waals surface area contributed by atoms with Crippen LogP contribution in [0.2, 0.25) is 0 Å². The van der Waals surface area contributed by atoms with E-state index in [0.29, 0.717) is 12.6 Å². The Morgan fingerprint density at radius 2 is 1.85 bits per heavy atom. The summed E-state index contributed by atoms with van der Waals surface area (Å²) in [6.07, 6.45) is 3.59. The van der Waals surface area contributed by atoms with Crippen molar-refractivity contribution in [2.45, 2.75) is 13.5 Å². The van der Waals surface area contributed by atoms with Gasteiger partial charge in [0, 0.05) is 23.5 Å². The molecule has 0 amide bonds. The number of ether oxygens (including phenoxy) is 1. The van der Waals surface area contributed by atoms with E-state index in [1.54, 1.807) is 6.20 Å². The maximum absolute atomic E-state index is 5.86. The van der Waals surface area contributed by atoms with Crippen LogP contribution >= 0.6 is 0 Å². The molecule has 4 rings (SSSR count). The first-order valence-corrected chi connectivity index (χ1v) is 8.40. The van der Waals surface area contributed by atoms with Gasteiger partial charge in [0.2, 0.25) is 5.95 Å². The number of para-hydroxylation sites is 1. The Hall–Kier alpha value is -3.47. The number of rotatable bonds is 5. The van der Waals surface area contributed by atoms with Crippen LogP contribution in [0, 0.1) is 6.92 Å². The molecule has 0 aliphatic carbocycles. The van der Waals surface area contributed by atoms with Crippen molar-refractivity contribution in [1.29, 1.82) is 0 Å². The van der Waals surface area contributed by atoms with Crippen LogP contribution in [0.4, 0.5) is 11.6 Å². The van der Waals surface area contributed by atoms with Crippen LogP contribution in [0.1, 0.15) is 11.3 Å². The molecule has 26 heavy (non-hydrogen) atoms. The van der Waals surface area contributed by atoms with Crippen molar-refractivity contribution in [3.63, 3.8) is 0 Å². The summed E-state index contributed by atoms with van der Waals surface area (Å²) in [7, 11) is 0. The third kappa shape index (κ3) is 3.62. The fraction of sp³-hybridized carbons (Fsp3) is 0.0952. The van der Waals surface area contributed by atoms with Crippen molar-refractivity contribution in [2.75, 3.05) is 5.32 Å². The number of pyridine rings is 1. The van der Waals surface area contributed by atoms with Gasteiger partial charge in [-0.15, -0.1) is 0 Å². The fourth-order valence-corrected chi connectivity index (χ4v) is 2.69. The minimum absolute atomic E-state index is 0.447. The molecule has 4 aromatic rings. The predicted molar refractivity (Wildman–Crippen MR) is 103 cm³/mol. The van der Waals surface area contributed by atoms with Gasteiger partial charge in [0.15, 0.2) is 0 Å². The summed E-state index contributed by atoms with van der Waals surface area (Å²) in [5, 5.41) is 4.27. The zero-order chi connectivity index (χ0) is 17.8. The molecular weight excluding hydrogens is 324 g/mol. The first-order chi connectivity index (χ1) is 12.8. The lowest BCUT2D eigenvalue weighted by atomic mass is 10.2. The van der Waals surface area contributed by atoms with E-state index < -0.39 is 0 Å². The van der Waals surface area contributed by atoms with Gasteiger partial charge >= 0.3 is 0 Å². The average Bonchev–Trinajstić information content (AvgIpc) is 2.68. The van der Waals surface area contributed by atoms with Crippen LogP contribution in [0.5, 0.6) is 5.75 Å². The second-order valence-corrected chi connectivity index (χ2v) is 5.97. The predicted octanol–water partition coefficient (Wildman–Crippen LogP) is 4.66. The molecule has 0 atom stereocenters. The first kappa shape index (κ1) is 16.0. The monoisotopic (exact) mass is 342 g/mol. The van der Waals surface area contributed by atoms with E-state index in [0.717, 1.165) is 33.6 Å². The summed E-state index contributed by atoms with van der Waals surface area (Å²) in [5.74, 6) is 1.41. The molecule has 0 fully saturated rings. The molecule has 1 N–H and O–H groups in total. The fourth-order valence-electron chi connectivity index (χ4n) is 2.69. The zero-order valence-corrected chi connectivity index (χ0v) is 14.4. The molecule has 0 unspecified atom stereocenters. The second-order valence-electron chi connectivity index (χ2n) is 5.97. The lowest BCUT2D eigenvalue weighted by Gasteiger charge is -2.11. The smallest absolute Gasteiger partial charge is 0.227 e. The van der Waals surface area contributed by atoms with Crippen LogP contribution in [0.3, 0.4) is 0 Å². The molecule has 2 heterocycles. The highest BCUT2D eigenvalue weighted by molar-refractivity contribution is 5.78. The Labute approximate surface area is 151 Å². The van der Waals surface area contributed by atoms with E-state index in [4.69, 9.17) is 4.74 Å². The number of aromatic nitrogens is 3. The van der Waals surface area contributed by atoms with E-state index in [2.05, 4.69) is 20.3 Å². The summed E-state index contributed by atoms with van der Waals surface area (Å²) in [6, 6.07) is 19.6. The normalized spacial score (nSPS) is 10.7. The molecule has 2 aromatic carbocycles. The van der Waals surface area contributed by atoms with Crippen molar-refractivity contribution in [2.24, 2.45) is 0 Å². The SMILES string of the molecule is Cc1cc(Nc2ncc3ccccc3n2)ccc1OCc1ccccn1. The van der Waals surface area contributed by atoms with Gasteiger partial charge in [0.25, 0.3) is 0 Å². The second kappa shape index (κ2) is 7.19. The Bertz CT molecular complexity index is 1030. The largest absolute Gasteiger partial charge is 0.487 e. The van der Waals surface area contributed by atoms with Gasteiger partial charge in [0.05, 0.1) is 11.2 Å². The minimum atomic E-state index is 0.447. The number of aryl methyl sites for hydroxylation is 1. The Morgan fingerprint density at radius 1 is 0.962 bits per heavy atom. The standard InChI is InChI=1S/C21H18N4O/c1-15-12-17(9-10-20(15)26-14-18-7-4-5-11-22-18)24-21-23-13-16-6-2-3-8-19(16)25-21/h2-13H,14H2,1H3,(H,23,24,25). The Kier molecular flexibility index (Phi) is 4.43. The van der Waals surface area contributed by atoms with Gasteiger partial charge in [0.1, 0.15) is 12.4 Å². The van der Waals surface area contributed by atoms with Crippen molar-refractivity contribution in [3.05, 3.63) is 84.3 Å². The molecule has 0 bridgehead atoms. The van der Waals surface area contributed by atoms with Crippen molar-refractivity contribution >= 4 is 22.5 Å². The number of anilines is 2. The zero-order valence-electron chi connectivity index (χ0n) is 14.4. The third-order valence-electron chi connectivity index (χ3n) is 4.02. The van der Waals surface area contributed by atoms with Crippen LogP contribution in [0.25, 0.3) is 10.9 Å². The molecule has 5 heteroatoms. The molecule has 0 spiro atoms. The summed E-state index contributed by atoms with van der Waals surface area (Å²) in [5.41, 5.74) is 3.77. The van der Waals surface area contributed by atoms with Crippen LogP contribution in [-0.4, -0.2) is 15.0 Å². The molecular formula is C21H18N4O. The number of nitrogens with one attached hydrogen (secondary N) is 1. The highest BCUT2D eigenvalue weighted by Gasteiger charge is 2.05. The molecule has 0 radical (unpaired) electrons. The van der Waals surface area contributed by atoms with Crippen LogP contribution in [0.15, 0.2) is 73.1 Å². The average molecular weight is 342 g/mol. The molecule has 0 aliphatic rings. The molecule has 2 aromatic heterocycles. The van der Waals surface area contributed by atoms with Crippen molar-refractivity contribution < 1.29 is 4.74 Å². The van der Waals surface area contributed by atoms with Crippen LogP contribution in [-0.2, 0) is 6.61 Å². The highest BCUT2D eigenvalue weighted by Crippen LogP contribution is 2.24. The van der Waals surface area contributed by atoms with E-state index >= 15 is 0 Å². The van der Waals surface area contributed by atoms with Gasteiger partial charge in [-0.25, -0.2) is 9.97 Å². The highest BCUT2D eigenvalue weighted by atomic mass is 16.5. The van der Waals surface area contributed by atoms with Gasteiger partial charge in [-0.2, -0.15) is 0 Å². The molecule has 0 saturated carbocycles. The maximum atomic E-state index is 5.86. The Balaban J connectivity index is 1.48. The summed E-state index contributed by atoms with van der Waals surface area (Å²) in [6.45, 7) is 2.46. The lowest BCUT2D eigenvalue weighted by Crippen LogP contribution is -2.00. The first-order valence-electron chi connectivity index (χ1n) is 8.40. The summed E-state index contributed by atoms with van der Waals surface area (Å²) >= 11 is 0. The quantitative estimate of drug-likeness (QED) is 0.572. The topological polar surface area (TPSA) is 59.9 Å². The summed E-state index contributed by atoms with van der Waals surface area (Å²) in [4.78, 5) is 13.2. The molecule has 5 nitrogen and oxygen atoms in total. The van der Waals surface area contributed by atoms with Gasteiger partial charge in [-0.05, 0) is 48.9 Å². The van der Waals surface area contributed by atoms with Crippen molar-refractivity contribution in [3.8, 4) is 5.75 Å². The van der Waals surface area contributed by atoms with E-state index in [1.165, 1.54) is 0 Å². The van der Waals surface area contributed by atoms with E-state index in [-0.39, 0.29) is 0 Å². The number of benzene rings is 2. The number of fused-ring (bicyclic) bond motifs is 1. The molecule has 0 aliphatic heterocycles. The lowest BCUT2D eigenvalue weighted by molar-refractivity contribution is 0.299. The van der Waals surface area contributed by atoms with Gasteiger partial charge in [-0.1, -0.05) is 24.3 Å². The maximum Gasteiger partial charge on any atom is 0.227 e. The number of hydrogen-bond acceptors (Lipinski definition) is 5. The van der Waals surface area contributed by atoms with Gasteiger partial charge < -0.3 is 10.1 Å². The molecule has 128 valence electrons. The summed E-state index contributed by atoms with van der Waals surface area (Å²) < 4.78 is 5.86. The van der Waals surface area contributed by atoms with E-state index in [1.807, 2.05) is 73.8 Å². The minimum Gasteiger partial charge on any atom is -0.487 e. The molecule has 0 saturated heterocycles. The van der Waals surface area contributed by atoms with Gasteiger partial charge in [-0.3, -0.25) is 4.98 Å². The van der Waals surface area contributed by atoms with E-state index in [9.17, 15) is 0 Å². The van der Waals surface area contributed by atoms with Crippen LogP contribution < -0.4 is 10.1 Å². The van der Waals surface area contributed by atoms with Crippen molar-refractivity contribution in [1.82, 2.24) is 15.0 Å². The Morgan fingerprint density at radius 3 is 2.69 bits per heavy atom.